The first-order valence-corrected chi connectivity index (χ1v) is 13.3. The molecule has 4 heteroatoms. The van der Waals surface area contributed by atoms with Gasteiger partial charge in [-0.1, -0.05) is 52.8 Å². The molecule has 0 aliphatic heterocycles. The summed E-state index contributed by atoms with van der Waals surface area (Å²) in [5.74, 6) is 2.30. The Hall–Kier alpha value is -1.42. The summed E-state index contributed by atoms with van der Waals surface area (Å²) in [5.41, 5.74) is -1.45. The van der Waals surface area contributed by atoms with Crippen molar-refractivity contribution in [1.82, 2.24) is 0 Å². The quantitative estimate of drug-likeness (QED) is 0.308. The lowest BCUT2D eigenvalue weighted by molar-refractivity contribution is -0.169. The largest absolute Gasteiger partial charge is 0.464 e. The van der Waals surface area contributed by atoms with E-state index in [0.29, 0.717) is 46.5 Å². The van der Waals surface area contributed by atoms with E-state index < -0.39 is 22.8 Å². The van der Waals surface area contributed by atoms with E-state index in [-0.39, 0.29) is 13.0 Å². The number of carbonyl (C=O) groups is 2. The standard InChI is InChI=1S/C29H44O4/c1-7-33-26(31)29(32)17-28(6)23-15-16-27(5)21(19(4)10-8-9-18(2)3)13-14-22(27)20(23)11-12-24(28)25(29)30/h8,10,12,18-23,32H,7,9,11,13-17H2,1-6H3/b10-8+/t19-,20+,21-,22+,23+,27-,28-,29+/m1/s1. The van der Waals surface area contributed by atoms with Gasteiger partial charge in [-0.2, -0.15) is 0 Å². The number of carbonyl (C=O) groups excluding carboxylic acids is 2. The molecule has 1 N–H and O–H groups in total. The summed E-state index contributed by atoms with van der Waals surface area (Å²) in [5, 5.41) is 11.1. The van der Waals surface area contributed by atoms with Crippen LogP contribution in [0.2, 0.25) is 0 Å². The minimum absolute atomic E-state index is 0.169. The second-order valence-electron chi connectivity index (χ2n) is 12.4. The van der Waals surface area contributed by atoms with E-state index >= 15 is 0 Å². The Morgan fingerprint density at radius 1 is 1.21 bits per heavy atom. The van der Waals surface area contributed by atoms with Gasteiger partial charge in [0.05, 0.1) is 6.61 Å². The Morgan fingerprint density at radius 2 is 1.94 bits per heavy atom. The third-order valence-corrected chi connectivity index (χ3v) is 10.1. The molecule has 0 aromatic heterocycles. The van der Waals surface area contributed by atoms with Gasteiger partial charge in [0.1, 0.15) is 0 Å². The monoisotopic (exact) mass is 456 g/mol. The van der Waals surface area contributed by atoms with Gasteiger partial charge < -0.3 is 9.84 Å². The van der Waals surface area contributed by atoms with Gasteiger partial charge in [0.2, 0.25) is 11.4 Å². The summed E-state index contributed by atoms with van der Waals surface area (Å²) >= 11 is 0. The van der Waals surface area contributed by atoms with Gasteiger partial charge in [0, 0.05) is 17.4 Å². The molecule has 4 rings (SSSR count). The molecule has 0 amide bonds. The normalized spacial score (nSPS) is 43.3. The van der Waals surface area contributed by atoms with Crippen LogP contribution in [0.1, 0.15) is 86.5 Å². The second-order valence-corrected chi connectivity index (χ2v) is 12.4. The van der Waals surface area contributed by atoms with Crippen molar-refractivity contribution in [2.45, 2.75) is 92.1 Å². The zero-order chi connectivity index (χ0) is 24.2. The molecule has 4 nitrogen and oxygen atoms in total. The highest BCUT2D eigenvalue weighted by Crippen LogP contribution is 2.68. The Bertz CT molecular complexity index is 856. The molecule has 33 heavy (non-hydrogen) atoms. The van der Waals surface area contributed by atoms with Crippen LogP contribution >= 0.6 is 0 Å². The molecule has 4 aliphatic carbocycles. The lowest BCUT2D eigenvalue weighted by Crippen LogP contribution is -2.49. The predicted octanol–water partition coefficient (Wildman–Crippen LogP) is 5.89. The van der Waals surface area contributed by atoms with Crippen LogP contribution < -0.4 is 0 Å². The Morgan fingerprint density at radius 3 is 2.61 bits per heavy atom. The maximum absolute atomic E-state index is 13.2. The number of Topliss-reactive ketones (excluding diaryl/α,β-unsaturated/α-hetero) is 1. The van der Waals surface area contributed by atoms with Crippen LogP contribution in [0.25, 0.3) is 0 Å². The number of ether oxygens (including phenoxy) is 1. The fourth-order valence-corrected chi connectivity index (χ4v) is 8.53. The van der Waals surface area contributed by atoms with Crippen molar-refractivity contribution in [3.8, 4) is 0 Å². The highest BCUT2D eigenvalue weighted by molar-refractivity contribution is 6.18. The number of allylic oxidation sites excluding steroid dienone is 3. The Labute approximate surface area is 200 Å². The van der Waals surface area contributed by atoms with Gasteiger partial charge in [0.25, 0.3) is 0 Å². The molecule has 8 atom stereocenters. The molecule has 4 aliphatic rings. The van der Waals surface area contributed by atoms with Gasteiger partial charge in [-0.25, -0.2) is 4.79 Å². The lowest BCUT2D eigenvalue weighted by Gasteiger charge is -2.55. The number of rotatable bonds is 6. The van der Waals surface area contributed by atoms with Gasteiger partial charge in [-0.15, -0.1) is 0 Å². The van der Waals surface area contributed by atoms with E-state index in [1.54, 1.807) is 6.92 Å². The van der Waals surface area contributed by atoms with Crippen molar-refractivity contribution in [3.63, 3.8) is 0 Å². The number of esters is 1. The van der Waals surface area contributed by atoms with E-state index in [4.69, 9.17) is 4.74 Å². The summed E-state index contributed by atoms with van der Waals surface area (Å²) in [6.45, 7) is 13.5. The van der Waals surface area contributed by atoms with Crippen LogP contribution in [0.15, 0.2) is 23.8 Å². The molecule has 0 radical (unpaired) electrons. The summed E-state index contributed by atoms with van der Waals surface area (Å²) in [7, 11) is 0. The van der Waals surface area contributed by atoms with Crippen LogP contribution in [0.3, 0.4) is 0 Å². The van der Waals surface area contributed by atoms with Crippen molar-refractivity contribution < 1.29 is 19.4 Å². The zero-order valence-electron chi connectivity index (χ0n) is 21.5. The van der Waals surface area contributed by atoms with Crippen LogP contribution in [-0.2, 0) is 14.3 Å². The van der Waals surface area contributed by atoms with Crippen molar-refractivity contribution >= 4 is 11.8 Å². The number of fused-ring (bicyclic) bond motifs is 5. The minimum atomic E-state index is -2.01. The van der Waals surface area contributed by atoms with Crippen LogP contribution in [0.4, 0.5) is 0 Å². The van der Waals surface area contributed by atoms with Crippen LogP contribution in [0, 0.1) is 46.3 Å². The Balaban J connectivity index is 1.57. The first kappa shape index (κ1) is 24.7. The SMILES string of the molecule is CCOC(=O)[C@]1(O)C[C@@]2(C)C(=CC[C@H]3[C@@H]4CC[C@H]([C@H](C)/C=C/CC(C)C)[C@@]4(C)CC[C@@H]32)C1=O. The van der Waals surface area contributed by atoms with E-state index in [9.17, 15) is 14.7 Å². The number of hydrogen-bond acceptors (Lipinski definition) is 4. The maximum atomic E-state index is 13.2. The lowest BCUT2D eigenvalue weighted by atomic mass is 9.49. The minimum Gasteiger partial charge on any atom is -0.464 e. The zero-order valence-corrected chi connectivity index (χ0v) is 21.5. The number of ketones is 1. The van der Waals surface area contributed by atoms with Gasteiger partial charge in [-0.05, 0) is 86.4 Å². The van der Waals surface area contributed by atoms with Crippen molar-refractivity contribution in [1.29, 1.82) is 0 Å². The molecular weight excluding hydrogens is 412 g/mol. The first-order chi connectivity index (χ1) is 15.5. The smallest absolute Gasteiger partial charge is 0.346 e. The number of hydrogen-bond donors (Lipinski definition) is 1. The maximum Gasteiger partial charge on any atom is 0.346 e. The summed E-state index contributed by atoms with van der Waals surface area (Å²) in [4.78, 5) is 25.8. The summed E-state index contributed by atoms with van der Waals surface area (Å²) in [6.07, 6.45) is 13.9. The molecule has 0 bridgehead atoms. The molecule has 0 saturated heterocycles. The third-order valence-electron chi connectivity index (χ3n) is 10.1. The van der Waals surface area contributed by atoms with Crippen molar-refractivity contribution in [3.05, 3.63) is 23.8 Å². The van der Waals surface area contributed by atoms with E-state index in [0.717, 1.165) is 19.3 Å². The molecule has 0 aromatic rings. The topological polar surface area (TPSA) is 63.6 Å². The average molecular weight is 457 g/mol. The summed E-state index contributed by atoms with van der Waals surface area (Å²) < 4.78 is 5.12. The third kappa shape index (κ3) is 3.75. The van der Waals surface area contributed by atoms with Gasteiger partial charge in [0.15, 0.2) is 0 Å². The predicted molar refractivity (Wildman–Crippen MR) is 130 cm³/mol. The highest BCUT2D eigenvalue weighted by atomic mass is 16.5. The molecular formula is C29H44O4. The van der Waals surface area contributed by atoms with Crippen LogP contribution in [0.5, 0.6) is 0 Å². The molecule has 0 spiro atoms. The molecule has 0 unspecified atom stereocenters. The fraction of sp³-hybridized carbons (Fsp3) is 0.793. The first-order valence-electron chi connectivity index (χ1n) is 13.3. The highest BCUT2D eigenvalue weighted by Gasteiger charge is 2.67. The summed E-state index contributed by atoms with van der Waals surface area (Å²) in [6, 6.07) is 0. The van der Waals surface area contributed by atoms with E-state index in [1.807, 2.05) is 0 Å². The van der Waals surface area contributed by atoms with Gasteiger partial charge >= 0.3 is 5.97 Å². The van der Waals surface area contributed by atoms with Crippen molar-refractivity contribution in [2.24, 2.45) is 46.3 Å². The van der Waals surface area contributed by atoms with Crippen molar-refractivity contribution in [2.75, 3.05) is 6.61 Å². The average Bonchev–Trinajstić information content (AvgIpc) is 3.20. The van der Waals surface area contributed by atoms with Gasteiger partial charge in [-0.3, -0.25) is 4.79 Å². The van der Waals surface area contributed by atoms with E-state index in [1.165, 1.54) is 19.3 Å². The number of aliphatic hydroxyl groups is 1. The molecule has 3 fully saturated rings. The van der Waals surface area contributed by atoms with Crippen LogP contribution in [-0.4, -0.2) is 29.1 Å². The fourth-order valence-electron chi connectivity index (χ4n) is 8.53. The molecule has 0 heterocycles. The Kier molecular flexibility index (Phi) is 6.48. The molecule has 0 aromatic carbocycles. The molecule has 184 valence electrons. The van der Waals surface area contributed by atoms with E-state index in [2.05, 4.69) is 52.8 Å². The molecule has 3 saturated carbocycles. The second kappa shape index (κ2) is 8.66.